The molecule has 8 heteroatoms. The summed E-state index contributed by atoms with van der Waals surface area (Å²) in [6.45, 7) is 2.38. The van der Waals surface area contributed by atoms with E-state index in [1.807, 2.05) is 6.92 Å². The van der Waals surface area contributed by atoms with Crippen molar-refractivity contribution in [3.63, 3.8) is 0 Å². The molecule has 1 heterocycles. The van der Waals surface area contributed by atoms with Gasteiger partial charge in [-0.05, 0) is 67.1 Å². The molecule has 0 fully saturated rings. The lowest BCUT2D eigenvalue weighted by Gasteiger charge is -2.20. The molecule has 2 N–H and O–H groups in total. The first-order valence-corrected chi connectivity index (χ1v) is 10.5. The predicted octanol–water partition coefficient (Wildman–Crippen LogP) is 4.94. The molecule has 1 amide bonds. The van der Waals surface area contributed by atoms with E-state index in [0.29, 0.717) is 28.4 Å². The van der Waals surface area contributed by atoms with Crippen LogP contribution in [0, 0.1) is 0 Å². The lowest BCUT2D eigenvalue weighted by atomic mass is 10.1. The fourth-order valence-corrected chi connectivity index (χ4v) is 2.95. The van der Waals surface area contributed by atoms with Crippen LogP contribution in [-0.4, -0.2) is 30.4 Å². The minimum Gasteiger partial charge on any atom is -0.462 e. The fraction of sp³-hybridized carbons (Fsp3) is 0.208. The summed E-state index contributed by atoms with van der Waals surface area (Å²) in [4.78, 5) is 37.6. The number of ketones is 1. The number of esters is 1. The van der Waals surface area contributed by atoms with E-state index < -0.39 is 18.0 Å². The topological polar surface area (TPSA) is 97.6 Å². The van der Waals surface area contributed by atoms with Crippen LogP contribution in [0.3, 0.4) is 0 Å². The van der Waals surface area contributed by atoms with E-state index in [9.17, 15) is 14.4 Å². The Balaban J connectivity index is 1.75. The van der Waals surface area contributed by atoms with Crippen LogP contribution < -0.4 is 10.6 Å². The van der Waals surface area contributed by atoms with E-state index in [-0.39, 0.29) is 11.5 Å². The number of benzene rings is 2. The van der Waals surface area contributed by atoms with Crippen molar-refractivity contribution in [2.45, 2.75) is 25.9 Å². The van der Waals surface area contributed by atoms with E-state index in [2.05, 4.69) is 10.6 Å². The number of Topliss-reactive ketones (excluding diaryl/α,β-unsaturated/α-hetero) is 1. The van der Waals surface area contributed by atoms with Crippen molar-refractivity contribution in [1.82, 2.24) is 5.32 Å². The molecule has 32 heavy (non-hydrogen) atoms. The minimum atomic E-state index is -1.09. The van der Waals surface area contributed by atoms with Crippen LogP contribution in [0.4, 0.5) is 5.69 Å². The molecule has 0 saturated carbocycles. The highest BCUT2D eigenvalue weighted by Crippen LogP contribution is 2.16. The quantitative estimate of drug-likeness (QED) is 0.195. The lowest BCUT2D eigenvalue weighted by Crippen LogP contribution is -2.46. The van der Waals surface area contributed by atoms with Crippen molar-refractivity contribution < 1.29 is 23.5 Å². The molecular formula is C24H23ClN2O5. The van der Waals surface area contributed by atoms with Crippen molar-refractivity contribution in [3.8, 4) is 0 Å². The SMILES string of the molecule is CCCCOC(=O)c1ccc(NC(NC(=O)c2ccco2)C(=O)c2ccc(Cl)cc2)cc1. The summed E-state index contributed by atoms with van der Waals surface area (Å²) in [6.07, 6.45) is 2.02. The molecular weight excluding hydrogens is 432 g/mol. The molecule has 1 unspecified atom stereocenters. The number of rotatable bonds is 10. The van der Waals surface area contributed by atoms with Gasteiger partial charge in [-0.2, -0.15) is 0 Å². The van der Waals surface area contributed by atoms with Gasteiger partial charge in [-0.25, -0.2) is 4.79 Å². The van der Waals surface area contributed by atoms with E-state index in [1.165, 1.54) is 12.3 Å². The molecule has 0 radical (unpaired) electrons. The summed E-state index contributed by atoms with van der Waals surface area (Å²) < 4.78 is 10.3. The third-order valence-electron chi connectivity index (χ3n) is 4.57. The van der Waals surface area contributed by atoms with Gasteiger partial charge < -0.3 is 19.8 Å². The van der Waals surface area contributed by atoms with Crippen LogP contribution >= 0.6 is 11.6 Å². The molecule has 2 aromatic carbocycles. The number of halogens is 1. The van der Waals surface area contributed by atoms with Gasteiger partial charge in [-0.15, -0.1) is 0 Å². The Labute approximate surface area is 190 Å². The zero-order valence-electron chi connectivity index (χ0n) is 17.5. The number of hydrogen-bond donors (Lipinski definition) is 2. The number of hydrogen-bond acceptors (Lipinski definition) is 6. The molecule has 3 rings (SSSR count). The predicted molar refractivity (Wildman–Crippen MR) is 121 cm³/mol. The number of carbonyl (C=O) groups excluding carboxylic acids is 3. The normalized spacial score (nSPS) is 11.4. The average Bonchev–Trinajstić information content (AvgIpc) is 3.34. The molecule has 0 aliphatic rings. The summed E-state index contributed by atoms with van der Waals surface area (Å²) in [5.41, 5.74) is 1.29. The molecule has 166 valence electrons. The average molecular weight is 455 g/mol. The van der Waals surface area contributed by atoms with Gasteiger partial charge >= 0.3 is 5.97 Å². The second-order valence-electron chi connectivity index (χ2n) is 6.97. The number of nitrogens with one attached hydrogen (secondary N) is 2. The Kier molecular flexibility index (Phi) is 8.05. The van der Waals surface area contributed by atoms with Crippen molar-refractivity contribution in [2.75, 3.05) is 11.9 Å². The highest BCUT2D eigenvalue weighted by atomic mass is 35.5. The highest BCUT2D eigenvalue weighted by Gasteiger charge is 2.24. The summed E-state index contributed by atoms with van der Waals surface area (Å²) >= 11 is 5.91. The first-order valence-electron chi connectivity index (χ1n) is 10.2. The molecule has 0 aliphatic heterocycles. The van der Waals surface area contributed by atoms with Gasteiger partial charge in [0.05, 0.1) is 18.4 Å². The number of ether oxygens (including phenoxy) is 1. The van der Waals surface area contributed by atoms with Gasteiger partial charge in [0.25, 0.3) is 5.91 Å². The molecule has 1 aromatic heterocycles. The van der Waals surface area contributed by atoms with Crippen molar-refractivity contribution >= 4 is 34.9 Å². The zero-order chi connectivity index (χ0) is 22.9. The van der Waals surface area contributed by atoms with E-state index in [1.54, 1.807) is 54.6 Å². The molecule has 3 aromatic rings. The Bertz CT molecular complexity index is 1050. The smallest absolute Gasteiger partial charge is 0.338 e. The number of amides is 1. The van der Waals surface area contributed by atoms with Crippen LogP contribution in [-0.2, 0) is 4.74 Å². The zero-order valence-corrected chi connectivity index (χ0v) is 18.2. The molecule has 0 spiro atoms. The van der Waals surface area contributed by atoms with Crippen molar-refractivity contribution in [1.29, 1.82) is 0 Å². The highest BCUT2D eigenvalue weighted by molar-refractivity contribution is 6.30. The third-order valence-corrected chi connectivity index (χ3v) is 4.83. The van der Waals surface area contributed by atoms with Gasteiger partial charge in [0.15, 0.2) is 11.9 Å². The van der Waals surface area contributed by atoms with Crippen molar-refractivity contribution in [2.24, 2.45) is 0 Å². The number of carbonyl (C=O) groups is 3. The van der Waals surface area contributed by atoms with Gasteiger partial charge in [0.2, 0.25) is 5.78 Å². The van der Waals surface area contributed by atoms with Crippen LogP contribution in [0.25, 0.3) is 0 Å². The van der Waals surface area contributed by atoms with Gasteiger partial charge in [0, 0.05) is 16.3 Å². The monoisotopic (exact) mass is 454 g/mol. The second kappa shape index (κ2) is 11.2. The third kappa shape index (κ3) is 6.21. The fourth-order valence-electron chi connectivity index (χ4n) is 2.82. The molecule has 7 nitrogen and oxygen atoms in total. The standard InChI is InChI=1S/C24H23ClN2O5/c1-2-3-14-32-24(30)17-8-12-19(13-9-17)26-22(27-23(29)20-5-4-15-31-20)21(28)16-6-10-18(25)11-7-16/h4-13,15,22,26H,2-3,14H2,1H3,(H,27,29). The number of anilines is 1. The van der Waals surface area contributed by atoms with Crippen LogP contribution in [0.15, 0.2) is 71.3 Å². The summed E-state index contributed by atoms with van der Waals surface area (Å²) in [5.74, 6) is -1.26. The summed E-state index contributed by atoms with van der Waals surface area (Å²) in [5, 5.41) is 6.12. The van der Waals surface area contributed by atoms with Crippen LogP contribution in [0.5, 0.6) is 0 Å². The first-order chi connectivity index (χ1) is 15.5. The van der Waals surface area contributed by atoms with Gasteiger partial charge in [0.1, 0.15) is 0 Å². The maximum atomic E-state index is 13.1. The molecule has 1 atom stereocenters. The summed E-state index contributed by atoms with van der Waals surface area (Å²) in [6, 6.07) is 15.9. The molecule has 0 saturated heterocycles. The minimum absolute atomic E-state index is 0.0749. The maximum absolute atomic E-state index is 13.1. The number of furan rings is 1. The Morgan fingerprint density at radius 2 is 1.69 bits per heavy atom. The molecule has 0 aliphatic carbocycles. The molecule has 0 bridgehead atoms. The summed E-state index contributed by atoms with van der Waals surface area (Å²) in [7, 11) is 0. The van der Waals surface area contributed by atoms with Crippen LogP contribution in [0.2, 0.25) is 5.02 Å². The maximum Gasteiger partial charge on any atom is 0.338 e. The number of unbranched alkanes of at least 4 members (excludes halogenated alkanes) is 1. The van der Waals surface area contributed by atoms with Crippen LogP contribution in [0.1, 0.15) is 51.0 Å². The van der Waals surface area contributed by atoms with Gasteiger partial charge in [-0.3, -0.25) is 9.59 Å². The largest absolute Gasteiger partial charge is 0.462 e. The second-order valence-corrected chi connectivity index (χ2v) is 7.40. The van der Waals surface area contributed by atoms with E-state index >= 15 is 0 Å². The Morgan fingerprint density at radius 3 is 2.31 bits per heavy atom. The Morgan fingerprint density at radius 1 is 1.00 bits per heavy atom. The lowest BCUT2D eigenvalue weighted by molar-refractivity contribution is 0.0499. The first kappa shape index (κ1) is 23.1. The van der Waals surface area contributed by atoms with E-state index in [0.717, 1.165) is 12.8 Å². The Hall–Kier alpha value is -3.58. The van der Waals surface area contributed by atoms with Gasteiger partial charge in [-0.1, -0.05) is 24.9 Å². The van der Waals surface area contributed by atoms with Crippen molar-refractivity contribution in [3.05, 3.63) is 88.8 Å². The van der Waals surface area contributed by atoms with E-state index in [4.69, 9.17) is 20.8 Å².